The molecule has 21 heavy (non-hydrogen) atoms. The average Bonchev–Trinajstić information content (AvgIpc) is 2.91. The number of aliphatic imine (C=N–C) groups is 1. The number of nitrogens with zero attached hydrogens (tertiary/aromatic N) is 2. The quantitative estimate of drug-likeness (QED) is 0.321. The van der Waals surface area contributed by atoms with Crippen LogP contribution >= 0.6 is 24.0 Å². The zero-order valence-electron chi connectivity index (χ0n) is 12.8. The van der Waals surface area contributed by atoms with Gasteiger partial charge in [-0.3, -0.25) is 9.79 Å². The Bertz CT molecular complexity index is 460. The predicted molar refractivity (Wildman–Crippen MR) is 90.8 cm³/mol. The number of ether oxygens (including phenoxy) is 1. The van der Waals surface area contributed by atoms with E-state index in [1.807, 2.05) is 6.07 Å². The topological polar surface area (TPSA) is 88.8 Å². The number of carbonyl (C=O) groups is 1. The van der Waals surface area contributed by atoms with E-state index in [-0.39, 0.29) is 36.4 Å². The normalized spacial score (nSPS) is 11.0. The fourth-order valence-corrected chi connectivity index (χ4v) is 1.46. The van der Waals surface area contributed by atoms with Crippen molar-refractivity contribution in [2.45, 2.75) is 32.7 Å². The van der Waals surface area contributed by atoms with Crippen LogP contribution in [0.1, 0.15) is 37.6 Å². The molecule has 0 unspecified atom stereocenters. The van der Waals surface area contributed by atoms with E-state index >= 15 is 0 Å². The Morgan fingerprint density at radius 3 is 2.71 bits per heavy atom. The second-order valence-corrected chi connectivity index (χ2v) is 4.55. The molecule has 0 amide bonds. The van der Waals surface area contributed by atoms with Gasteiger partial charge < -0.3 is 19.9 Å². The van der Waals surface area contributed by atoms with Crippen molar-refractivity contribution in [1.29, 1.82) is 0 Å². The first-order chi connectivity index (χ1) is 9.56. The first-order valence-corrected chi connectivity index (χ1v) is 6.53. The number of nitrogens with one attached hydrogen (secondary N) is 2. The molecule has 1 aromatic rings. The number of aromatic nitrogens is 1. The van der Waals surface area contributed by atoms with E-state index in [4.69, 9.17) is 4.52 Å². The van der Waals surface area contributed by atoms with Gasteiger partial charge in [-0.2, -0.15) is 0 Å². The van der Waals surface area contributed by atoms with Crippen molar-refractivity contribution in [3.63, 3.8) is 0 Å². The Hall–Kier alpha value is -1.32. The summed E-state index contributed by atoms with van der Waals surface area (Å²) in [5.74, 6) is 1.41. The minimum Gasteiger partial charge on any atom is -0.469 e. The van der Waals surface area contributed by atoms with Crippen molar-refractivity contribution >= 4 is 35.9 Å². The van der Waals surface area contributed by atoms with Gasteiger partial charge in [0.25, 0.3) is 0 Å². The first kappa shape index (κ1) is 19.7. The minimum atomic E-state index is -0.259. The standard InChI is InChI=1S/C13H22N4O3.HI/c1-9(2)11-7-10(20-17-11)8-16-13(14-3)15-6-5-12(18)19-4;/h7,9H,5-6,8H2,1-4H3,(H2,14,15,16);1H. The fourth-order valence-electron chi connectivity index (χ4n) is 1.46. The highest BCUT2D eigenvalue weighted by molar-refractivity contribution is 14.0. The summed E-state index contributed by atoms with van der Waals surface area (Å²) in [6.07, 6.45) is 0.289. The van der Waals surface area contributed by atoms with E-state index in [1.165, 1.54) is 7.11 Å². The molecule has 0 aromatic carbocycles. The molecule has 2 N–H and O–H groups in total. The second-order valence-electron chi connectivity index (χ2n) is 4.55. The summed E-state index contributed by atoms with van der Waals surface area (Å²) in [6, 6.07) is 1.92. The molecule has 0 bridgehead atoms. The molecule has 0 aliphatic rings. The molecule has 0 aliphatic heterocycles. The number of carbonyl (C=O) groups excluding carboxylic acids is 1. The van der Waals surface area contributed by atoms with Crippen LogP contribution in [0.25, 0.3) is 0 Å². The van der Waals surface area contributed by atoms with Crippen LogP contribution in [0.5, 0.6) is 0 Å². The van der Waals surface area contributed by atoms with Crippen LogP contribution in [0.3, 0.4) is 0 Å². The zero-order valence-corrected chi connectivity index (χ0v) is 15.1. The average molecular weight is 410 g/mol. The molecule has 0 radical (unpaired) electrons. The van der Waals surface area contributed by atoms with Crippen LogP contribution in [-0.2, 0) is 16.1 Å². The molecule has 1 heterocycles. The lowest BCUT2D eigenvalue weighted by molar-refractivity contribution is -0.140. The Labute approximate surface area is 141 Å². The summed E-state index contributed by atoms with van der Waals surface area (Å²) in [5, 5.41) is 10.1. The van der Waals surface area contributed by atoms with Crippen molar-refractivity contribution < 1.29 is 14.1 Å². The maximum absolute atomic E-state index is 11.0. The van der Waals surface area contributed by atoms with Gasteiger partial charge in [0.05, 0.1) is 25.8 Å². The van der Waals surface area contributed by atoms with Gasteiger partial charge in [-0.15, -0.1) is 24.0 Å². The summed E-state index contributed by atoms with van der Waals surface area (Å²) < 4.78 is 9.77. The molecule has 1 rings (SSSR count). The lowest BCUT2D eigenvalue weighted by Gasteiger charge is -2.09. The number of hydrogen-bond acceptors (Lipinski definition) is 5. The van der Waals surface area contributed by atoms with Crippen LogP contribution in [0.15, 0.2) is 15.6 Å². The van der Waals surface area contributed by atoms with Gasteiger partial charge in [-0.05, 0) is 5.92 Å². The Balaban J connectivity index is 0.00000400. The summed E-state index contributed by atoms with van der Waals surface area (Å²) in [7, 11) is 3.03. The third kappa shape index (κ3) is 7.30. The van der Waals surface area contributed by atoms with Gasteiger partial charge in [-0.1, -0.05) is 19.0 Å². The van der Waals surface area contributed by atoms with Gasteiger partial charge in [0.15, 0.2) is 11.7 Å². The van der Waals surface area contributed by atoms with Crippen LogP contribution < -0.4 is 10.6 Å². The smallest absolute Gasteiger partial charge is 0.307 e. The van der Waals surface area contributed by atoms with Gasteiger partial charge >= 0.3 is 5.97 Å². The minimum absolute atomic E-state index is 0. The maximum Gasteiger partial charge on any atom is 0.307 e. The lowest BCUT2D eigenvalue weighted by atomic mass is 10.1. The zero-order chi connectivity index (χ0) is 15.0. The molecule has 0 fully saturated rings. The highest BCUT2D eigenvalue weighted by Crippen LogP contribution is 2.13. The third-order valence-electron chi connectivity index (χ3n) is 2.67. The Morgan fingerprint density at radius 2 is 2.19 bits per heavy atom. The van der Waals surface area contributed by atoms with E-state index in [0.717, 1.165) is 11.5 Å². The van der Waals surface area contributed by atoms with E-state index in [9.17, 15) is 4.79 Å². The van der Waals surface area contributed by atoms with Crippen molar-refractivity contribution in [2.75, 3.05) is 20.7 Å². The molecule has 0 atom stereocenters. The molecule has 0 aliphatic carbocycles. The summed E-state index contributed by atoms with van der Waals surface area (Å²) in [6.45, 7) is 5.06. The van der Waals surface area contributed by atoms with E-state index < -0.39 is 0 Å². The number of halogens is 1. The lowest BCUT2D eigenvalue weighted by Crippen LogP contribution is -2.37. The number of esters is 1. The second kappa shape index (κ2) is 10.4. The SMILES string of the molecule is CN=C(NCCC(=O)OC)NCc1cc(C(C)C)no1.I. The largest absolute Gasteiger partial charge is 0.469 e. The maximum atomic E-state index is 11.0. The summed E-state index contributed by atoms with van der Waals surface area (Å²) in [4.78, 5) is 15.0. The van der Waals surface area contributed by atoms with Crippen molar-refractivity contribution in [1.82, 2.24) is 15.8 Å². The van der Waals surface area contributed by atoms with Crippen LogP contribution in [-0.4, -0.2) is 37.8 Å². The van der Waals surface area contributed by atoms with E-state index in [1.54, 1.807) is 7.05 Å². The van der Waals surface area contributed by atoms with Crippen molar-refractivity contribution in [3.8, 4) is 0 Å². The van der Waals surface area contributed by atoms with E-state index in [2.05, 4.69) is 39.4 Å². The molecule has 7 nitrogen and oxygen atoms in total. The molecular formula is C13H23IN4O3. The van der Waals surface area contributed by atoms with Gasteiger partial charge in [0.2, 0.25) is 0 Å². The van der Waals surface area contributed by atoms with Crippen molar-refractivity contribution in [3.05, 3.63) is 17.5 Å². The number of methoxy groups -OCH3 is 1. The molecule has 1 aromatic heterocycles. The van der Waals surface area contributed by atoms with Gasteiger partial charge in [0, 0.05) is 19.7 Å². The fraction of sp³-hybridized carbons (Fsp3) is 0.615. The Kier molecular flexibility index (Phi) is 9.76. The number of hydrogen-bond donors (Lipinski definition) is 2. The van der Waals surface area contributed by atoms with Gasteiger partial charge in [0.1, 0.15) is 0 Å². The summed E-state index contributed by atoms with van der Waals surface area (Å²) >= 11 is 0. The van der Waals surface area contributed by atoms with Crippen LogP contribution in [0, 0.1) is 0 Å². The predicted octanol–water partition coefficient (Wildman–Crippen LogP) is 1.64. The monoisotopic (exact) mass is 410 g/mol. The molecular weight excluding hydrogens is 387 g/mol. The van der Waals surface area contributed by atoms with Crippen LogP contribution in [0.4, 0.5) is 0 Å². The molecule has 0 spiro atoms. The van der Waals surface area contributed by atoms with E-state index in [0.29, 0.717) is 25.0 Å². The number of guanidine groups is 1. The first-order valence-electron chi connectivity index (χ1n) is 6.53. The molecule has 120 valence electrons. The molecule has 0 saturated carbocycles. The number of rotatable bonds is 6. The third-order valence-corrected chi connectivity index (χ3v) is 2.67. The highest BCUT2D eigenvalue weighted by Gasteiger charge is 2.08. The Morgan fingerprint density at radius 1 is 1.48 bits per heavy atom. The summed E-state index contributed by atoms with van der Waals surface area (Å²) in [5.41, 5.74) is 0.926. The van der Waals surface area contributed by atoms with Gasteiger partial charge in [-0.25, -0.2) is 0 Å². The highest BCUT2D eigenvalue weighted by atomic mass is 127. The van der Waals surface area contributed by atoms with Crippen LogP contribution in [0.2, 0.25) is 0 Å². The molecule has 0 saturated heterocycles. The molecule has 8 heteroatoms. The van der Waals surface area contributed by atoms with Crippen molar-refractivity contribution in [2.24, 2.45) is 4.99 Å².